The van der Waals surface area contributed by atoms with Gasteiger partial charge in [-0.25, -0.2) is 0 Å². The quantitative estimate of drug-likeness (QED) is 0.937. The SMILES string of the molecule is O=C(NC[C@@H]1CCCN(C(=O)c2ccncc2)C1)c1cccs1. The molecule has 0 spiro atoms. The van der Waals surface area contributed by atoms with E-state index in [0.29, 0.717) is 24.6 Å². The van der Waals surface area contributed by atoms with Crippen LogP contribution in [0.15, 0.2) is 42.0 Å². The molecule has 120 valence electrons. The Hall–Kier alpha value is -2.21. The highest BCUT2D eigenvalue weighted by atomic mass is 32.1. The molecule has 1 atom stereocenters. The van der Waals surface area contributed by atoms with Crippen molar-refractivity contribution in [3.8, 4) is 0 Å². The Morgan fingerprint density at radius 3 is 2.87 bits per heavy atom. The molecule has 2 amide bonds. The van der Waals surface area contributed by atoms with Gasteiger partial charge >= 0.3 is 0 Å². The topological polar surface area (TPSA) is 62.3 Å². The molecule has 3 heterocycles. The fourth-order valence-electron chi connectivity index (χ4n) is 2.83. The van der Waals surface area contributed by atoms with Gasteiger partial charge in [0.2, 0.25) is 0 Å². The normalized spacial score (nSPS) is 17.7. The first kappa shape index (κ1) is 15.7. The molecule has 23 heavy (non-hydrogen) atoms. The zero-order valence-corrected chi connectivity index (χ0v) is 13.6. The van der Waals surface area contributed by atoms with Crippen molar-refractivity contribution in [2.24, 2.45) is 5.92 Å². The minimum absolute atomic E-state index is 0.0300. The van der Waals surface area contributed by atoms with Gasteiger partial charge in [0.25, 0.3) is 11.8 Å². The highest BCUT2D eigenvalue weighted by Crippen LogP contribution is 2.18. The molecular formula is C17H19N3O2S. The van der Waals surface area contributed by atoms with Crippen LogP contribution >= 0.6 is 11.3 Å². The van der Waals surface area contributed by atoms with Gasteiger partial charge in [-0.15, -0.1) is 11.3 Å². The number of likely N-dealkylation sites (tertiary alicyclic amines) is 1. The molecule has 1 aliphatic rings. The van der Waals surface area contributed by atoms with Crippen LogP contribution in [0.1, 0.15) is 32.9 Å². The number of nitrogens with zero attached hydrogens (tertiary/aromatic N) is 2. The van der Waals surface area contributed by atoms with Crippen LogP contribution in [0.3, 0.4) is 0 Å². The summed E-state index contributed by atoms with van der Waals surface area (Å²) in [4.78, 5) is 31.0. The summed E-state index contributed by atoms with van der Waals surface area (Å²) in [5.41, 5.74) is 0.670. The standard InChI is InChI=1S/C17H19N3O2S/c21-16(15-4-2-10-23-15)19-11-13-3-1-9-20(12-13)17(22)14-5-7-18-8-6-14/h2,4-8,10,13H,1,3,9,11-12H2,(H,19,21)/t13-/m0/s1. The van der Waals surface area contributed by atoms with Crippen molar-refractivity contribution in [1.82, 2.24) is 15.2 Å². The second-order valence-electron chi connectivity index (χ2n) is 5.68. The second-order valence-corrected chi connectivity index (χ2v) is 6.63. The maximum atomic E-state index is 12.5. The molecule has 0 radical (unpaired) electrons. The Balaban J connectivity index is 1.54. The molecule has 2 aromatic rings. The van der Waals surface area contributed by atoms with E-state index >= 15 is 0 Å². The molecule has 0 aliphatic carbocycles. The van der Waals surface area contributed by atoms with E-state index < -0.39 is 0 Å². The van der Waals surface area contributed by atoms with Crippen LogP contribution in [0, 0.1) is 5.92 Å². The van der Waals surface area contributed by atoms with Gasteiger partial charge in [0.15, 0.2) is 0 Å². The van der Waals surface area contributed by atoms with Crippen LogP contribution in [0.5, 0.6) is 0 Å². The average Bonchev–Trinajstić information content (AvgIpc) is 3.15. The van der Waals surface area contributed by atoms with Gasteiger partial charge in [-0.05, 0) is 42.3 Å². The number of hydrogen-bond donors (Lipinski definition) is 1. The smallest absolute Gasteiger partial charge is 0.261 e. The summed E-state index contributed by atoms with van der Waals surface area (Å²) in [5, 5.41) is 4.87. The molecule has 1 fully saturated rings. The number of thiophene rings is 1. The van der Waals surface area contributed by atoms with Crippen molar-refractivity contribution < 1.29 is 9.59 Å². The first-order valence-corrected chi connectivity index (χ1v) is 8.63. The number of piperidine rings is 1. The van der Waals surface area contributed by atoms with Crippen LogP contribution in [0.25, 0.3) is 0 Å². The maximum absolute atomic E-state index is 12.5. The van der Waals surface area contributed by atoms with Crippen molar-refractivity contribution in [2.45, 2.75) is 12.8 Å². The molecule has 3 rings (SSSR count). The molecular weight excluding hydrogens is 310 g/mol. The van der Waals surface area contributed by atoms with Gasteiger partial charge in [0, 0.05) is 37.6 Å². The second kappa shape index (κ2) is 7.37. The molecule has 1 saturated heterocycles. The van der Waals surface area contributed by atoms with E-state index in [0.717, 1.165) is 24.3 Å². The summed E-state index contributed by atoms with van der Waals surface area (Å²) >= 11 is 1.44. The number of carbonyl (C=O) groups is 2. The maximum Gasteiger partial charge on any atom is 0.261 e. The van der Waals surface area contributed by atoms with Crippen LogP contribution in [-0.2, 0) is 0 Å². The number of pyridine rings is 1. The molecule has 0 unspecified atom stereocenters. The van der Waals surface area contributed by atoms with E-state index in [1.54, 1.807) is 24.5 Å². The van der Waals surface area contributed by atoms with E-state index in [-0.39, 0.29) is 11.8 Å². The van der Waals surface area contributed by atoms with Crippen molar-refractivity contribution >= 4 is 23.2 Å². The van der Waals surface area contributed by atoms with Gasteiger partial charge in [-0.3, -0.25) is 14.6 Å². The Morgan fingerprint density at radius 1 is 1.30 bits per heavy atom. The van der Waals surface area contributed by atoms with Crippen LogP contribution in [-0.4, -0.2) is 41.3 Å². The number of carbonyl (C=O) groups excluding carboxylic acids is 2. The van der Waals surface area contributed by atoms with Crippen molar-refractivity contribution in [3.05, 3.63) is 52.5 Å². The Bertz CT molecular complexity index is 658. The van der Waals surface area contributed by atoms with Crippen molar-refractivity contribution in [2.75, 3.05) is 19.6 Å². The monoisotopic (exact) mass is 329 g/mol. The summed E-state index contributed by atoms with van der Waals surface area (Å²) in [6.45, 7) is 2.07. The van der Waals surface area contributed by atoms with Crippen LogP contribution in [0.2, 0.25) is 0 Å². The minimum Gasteiger partial charge on any atom is -0.351 e. The van der Waals surface area contributed by atoms with Crippen LogP contribution < -0.4 is 5.32 Å². The lowest BCUT2D eigenvalue weighted by Gasteiger charge is -2.33. The molecule has 6 heteroatoms. The van der Waals surface area contributed by atoms with E-state index in [2.05, 4.69) is 10.3 Å². The zero-order chi connectivity index (χ0) is 16.1. The predicted octanol–water partition coefficient (Wildman–Crippen LogP) is 2.43. The number of aromatic nitrogens is 1. The molecule has 2 aromatic heterocycles. The van der Waals surface area contributed by atoms with Gasteiger partial charge in [-0.2, -0.15) is 0 Å². The summed E-state index contributed by atoms with van der Waals surface area (Å²) in [5.74, 6) is 0.317. The summed E-state index contributed by atoms with van der Waals surface area (Å²) in [6, 6.07) is 7.17. The number of hydrogen-bond acceptors (Lipinski definition) is 4. The molecule has 0 bridgehead atoms. The minimum atomic E-state index is -0.0300. The van der Waals surface area contributed by atoms with Gasteiger partial charge < -0.3 is 10.2 Å². The third kappa shape index (κ3) is 3.96. The molecule has 0 aromatic carbocycles. The lowest BCUT2D eigenvalue weighted by molar-refractivity contribution is 0.0671. The lowest BCUT2D eigenvalue weighted by Crippen LogP contribution is -2.43. The summed E-state index contributed by atoms with van der Waals surface area (Å²) in [7, 11) is 0. The fourth-order valence-corrected chi connectivity index (χ4v) is 3.47. The first-order chi connectivity index (χ1) is 11.2. The number of rotatable bonds is 4. The number of amides is 2. The molecule has 1 aliphatic heterocycles. The Morgan fingerprint density at radius 2 is 2.13 bits per heavy atom. The van der Waals surface area contributed by atoms with Gasteiger partial charge in [0.05, 0.1) is 4.88 Å². The largest absolute Gasteiger partial charge is 0.351 e. The Kier molecular flexibility index (Phi) is 5.02. The third-order valence-electron chi connectivity index (χ3n) is 4.03. The highest BCUT2D eigenvalue weighted by molar-refractivity contribution is 7.12. The van der Waals surface area contributed by atoms with E-state index in [1.807, 2.05) is 22.4 Å². The predicted molar refractivity (Wildman–Crippen MR) is 89.5 cm³/mol. The molecule has 1 N–H and O–H groups in total. The van der Waals surface area contributed by atoms with Crippen molar-refractivity contribution in [1.29, 1.82) is 0 Å². The molecule has 5 nitrogen and oxygen atoms in total. The van der Waals surface area contributed by atoms with Crippen molar-refractivity contribution in [3.63, 3.8) is 0 Å². The Labute approximate surface area is 139 Å². The first-order valence-electron chi connectivity index (χ1n) is 7.75. The third-order valence-corrected chi connectivity index (χ3v) is 4.90. The van der Waals surface area contributed by atoms with E-state index in [4.69, 9.17) is 0 Å². The summed E-state index contributed by atoms with van der Waals surface area (Å²) < 4.78 is 0. The average molecular weight is 329 g/mol. The van der Waals surface area contributed by atoms with E-state index in [1.165, 1.54) is 11.3 Å². The number of nitrogens with one attached hydrogen (secondary N) is 1. The van der Waals surface area contributed by atoms with Gasteiger partial charge in [-0.1, -0.05) is 6.07 Å². The van der Waals surface area contributed by atoms with Crippen LogP contribution in [0.4, 0.5) is 0 Å². The summed E-state index contributed by atoms with van der Waals surface area (Å²) in [6.07, 6.45) is 5.27. The van der Waals surface area contributed by atoms with Gasteiger partial charge in [0.1, 0.15) is 0 Å². The zero-order valence-electron chi connectivity index (χ0n) is 12.8. The highest BCUT2D eigenvalue weighted by Gasteiger charge is 2.24. The fraction of sp³-hybridized carbons (Fsp3) is 0.353. The van der Waals surface area contributed by atoms with E-state index in [9.17, 15) is 9.59 Å². The molecule has 0 saturated carbocycles. The lowest BCUT2D eigenvalue weighted by atomic mass is 9.97.